The summed E-state index contributed by atoms with van der Waals surface area (Å²) < 4.78 is 0. The Hall–Kier alpha value is -2.11. The van der Waals surface area contributed by atoms with Crippen molar-refractivity contribution in [2.75, 3.05) is 31.1 Å². The van der Waals surface area contributed by atoms with Crippen LogP contribution in [0.4, 0.5) is 5.82 Å². The molecule has 23 heavy (non-hydrogen) atoms. The van der Waals surface area contributed by atoms with E-state index in [1.807, 2.05) is 30.0 Å². The van der Waals surface area contributed by atoms with Crippen LogP contribution in [-0.4, -0.2) is 53.4 Å². The summed E-state index contributed by atoms with van der Waals surface area (Å²) in [5.41, 5.74) is -0.749. The Morgan fingerprint density at radius 3 is 2.70 bits per heavy atom. The van der Waals surface area contributed by atoms with Gasteiger partial charge in [0.15, 0.2) is 0 Å². The molecule has 1 atom stereocenters. The smallest absolute Gasteiger partial charge is 0.248 e. The van der Waals surface area contributed by atoms with Crippen molar-refractivity contribution < 1.29 is 9.59 Å². The first-order valence-electron chi connectivity index (χ1n) is 8.35. The summed E-state index contributed by atoms with van der Waals surface area (Å²) >= 11 is 0. The van der Waals surface area contributed by atoms with Gasteiger partial charge in [0.25, 0.3) is 0 Å². The van der Waals surface area contributed by atoms with Crippen molar-refractivity contribution in [3.63, 3.8) is 0 Å². The Balaban J connectivity index is 1.62. The van der Waals surface area contributed by atoms with Gasteiger partial charge in [-0.15, -0.1) is 0 Å². The standard InChI is InChI=1S/C17H24N4O2/c1-17(8-4-2-7-15(22)19-17)16(23)21-12-10-20(11-13-21)14-6-3-5-9-18-14/h3,5-6,9H,2,4,7-8,10-13H2,1H3,(H,19,22). The molecular formula is C17H24N4O2. The molecule has 0 spiro atoms. The Bertz CT molecular complexity index is 569. The van der Waals surface area contributed by atoms with Crippen LogP contribution in [0.25, 0.3) is 0 Å². The van der Waals surface area contributed by atoms with Gasteiger partial charge in [0.2, 0.25) is 11.8 Å². The van der Waals surface area contributed by atoms with Gasteiger partial charge in [-0.05, 0) is 31.9 Å². The number of aromatic nitrogens is 1. The minimum atomic E-state index is -0.749. The number of amides is 2. The van der Waals surface area contributed by atoms with E-state index in [0.29, 0.717) is 19.5 Å². The van der Waals surface area contributed by atoms with E-state index < -0.39 is 5.54 Å². The fourth-order valence-electron chi connectivity index (χ4n) is 3.39. The molecule has 0 aromatic carbocycles. The van der Waals surface area contributed by atoms with Gasteiger partial charge in [-0.2, -0.15) is 0 Å². The lowest BCUT2D eigenvalue weighted by atomic mass is 9.94. The van der Waals surface area contributed by atoms with Crippen molar-refractivity contribution in [2.45, 2.75) is 38.1 Å². The zero-order valence-electron chi connectivity index (χ0n) is 13.6. The van der Waals surface area contributed by atoms with E-state index in [2.05, 4.69) is 15.2 Å². The summed E-state index contributed by atoms with van der Waals surface area (Å²) in [7, 11) is 0. The molecule has 6 heteroatoms. The number of hydrogen-bond donors (Lipinski definition) is 1. The molecule has 1 unspecified atom stereocenters. The van der Waals surface area contributed by atoms with Gasteiger partial charge >= 0.3 is 0 Å². The van der Waals surface area contributed by atoms with Crippen LogP contribution in [0.1, 0.15) is 32.6 Å². The number of hydrogen-bond acceptors (Lipinski definition) is 4. The number of nitrogens with one attached hydrogen (secondary N) is 1. The molecule has 2 amide bonds. The molecule has 2 fully saturated rings. The normalized spacial score (nSPS) is 25.7. The molecule has 0 aliphatic carbocycles. The van der Waals surface area contributed by atoms with Crippen molar-refractivity contribution >= 4 is 17.6 Å². The highest BCUT2D eigenvalue weighted by Crippen LogP contribution is 2.23. The molecule has 0 bridgehead atoms. The zero-order chi connectivity index (χ0) is 16.3. The van der Waals surface area contributed by atoms with Crippen LogP contribution in [0.3, 0.4) is 0 Å². The minimum absolute atomic E-state index is 0.00882. The molecule has 3 rings (SSSR count). The summed E-state index contributed by atoms with van der Waals surface area (Å²) in [6.07, 6.45) is 4.81. The molecule has 1 N–H and O–H groups in total. The lowest BCUT2D eigenvalue weighted by Gasteiger charge is -2.40. The fraction of sp³-hybridized carbons (Fsp3) is 0.588. The van der Waals surface area contributed by atoms with Crippen LogP contribution in [0.15, 0.2) is 24.4 Å². The van der Waals surface area contributed by atoms with Crippen LogP contribution in [-0.2, 0) is 9.59 Å². The highest BCUT2D eigenvalue weighted by Gasteiger charge is 2.39. The van der Waals surface area contributed by atoms with Gasteiger partial charge in [-0.3, -0.25) is 9.59 Å². The Labute approximate surface area is 136 Å². The molecule has 3 heterocycles. The molecular weight excluding hydrogens is 292 g/mol. The first-order valence-corrected chi connectivity index (χ1v) is 8.35. The quantitative estimate of drug-likeness (QED) is 0.890. The Morgan fingerprint density at radius 1 is 1.22 bits per heavy atom. The molecule has 124 valence electrons. The third-order valence-corrected chi connectivity index (χ3v) is 4.76. The first-order chi connectivity index (χ1) is 11.1. The largest absolute Gasteiger partial charge is 0.353 e. The topological polar surface area (TPSA) is 65.5 Å². The maximum Gasteiger partial charge on any atom is 0.248 e. The number of carbonyl (C=O) groups excluding carboxylic acids is 2. The predicted octanol–water partition coefficient (Wildman–Crippen LogP) is 1.18. The van der Waals surface area contributed by atoms with Gasteiger partial charge in [-0.25, -0.2) is 4.98 Å². The van der Waals surface area contributed by atoms with Gasteiger partial charge in [0.1, 0.15) is 11.4 Å². The average Bonchev–Trinajstić information content (AvgIpc) is 2.76. The SMILES string of the molecule is CC1(C(=O)N2CCN(c3ccccn3)CC2)CCCCC(=O)N1. The molecule has 2 aliphatic heterocycles. The van der Waals surface area contributed by atoms with Crippen LogP contribution in [0, 0.1) is 0 Å². The summed E-state index contributed by atoms with van der Waals surface area (Å²) in [6.45, 7) is 4.74. The second kappa shape index (κ2) is 6.56. The number of rotatable bonds is 2. The number of piperazine rings is 1. The van der Waals surface area contributed by atoms with Crippen molar-refractivity contribution in [1.82, 2.24) is 15.2 Å². The predicted molar refractivity (Wildman–Crippen MR) is 88.0 cm³/mol. The molecule has 1 aromatic heterocycles. The third-order valence-electron chi connectivity index (χ3n) is 4.76. The zero-order valence-corrected chi connectivity index (χ0v) is 13.6. The molecule has 0 saturated carbocycles. The number of carbonyl (C=O) groups is 2. The average molecular weight is 316 g/mol. The molecule has 6 nitrogen and oxygen atoms in total. The van der Waals surface area contributed by atoms with Crippen LogP contribution in [0.2, 0.25) is 0 Å². The van der Waals surface area contributed by atoms with E-state index >= 15 is 0 Å². The maximum absolute atomic E-state index is 12.9. The van der Waals surface area contributed by atoms with Gasteiger partial charge < -0.3 is 15.1 Å². The summed E-state index contributed by atoms with van der Waals surface area (Å²) in [5, 5.41) is 2.94. The number of nitrogens with zero attached hydrogens (tertiary/aromatic N) is 3. The van der Waals surface area contributed by atoms with Crippen LogP contribution >= 0.6 is 0 Å². The van der Waals surface area contributed by atoms with Gasteiger partial charge in [0, 0.05) is 38.8 Å². The van der Waals surface area contributed by atoms with Crippen molar-refractivity contribution in [1.29, 1.82) is 0 Å². The van der Waals surface area contributed by atoms with Crippen molar-refractivity contribution in [3.8, 4) is 0 Å². The molecule has 2 saturated heterocycles. The second-order valence-corrected chi connectivity index (χ2v) is 6.55. The fourth-order valence-corrected chi connectivity index (χ4v) is 3.39. The highest BCUT2D eigenvalue weighted by molar-refractivity contribution is 5.91. The van der Waals surface area contributed by atoms with Crippen LogP contribution in [0.5, 0.6) is 0 Å². The molecule has 2 aliphatic rings. The van der Waals surface area contributed by atoms with E-state index in [9.17, 15) is 9.59 Å². The van der Waals surface area contributed by atoms with E-state index in [-0.39, 0.29) is 11.8 Å². The monoisotopic (exact) mass is 316 g/mol. The van der Waals surface area contributed by atoms with E-state index in [1.54, 1.807) is 6.20 Å². The van der Waals surface area contributed by atoms with E-state index in [4.69, 9.17) is 0 Å². The van der Waals surface area contributed by atoms with E-state index in [0.717, 1.165) is 38.2 Å². The van der Waals surface area contributed by atoms with E-state index in [1.165, 1.54) is 0 Å². The molecule has 0 radical (unpaired) electrons. The minimum Gasteiger partial charge on any atom is -0.353 e. The highest BCUT2D eigenvalue weighted by atomic mass is 16.2. The Morgan fingerprint density at radius 2 is 2.00 bits per heavy atom. The first kappa shape index (κ1) is 15.8. The van der Waals surface area contributed by atoms with Crippen molar-refractivity contribution in [3.05, 3.63) is 24.4 Å². The maximum atomic E-state index is 12.9. The summed E-state index contributed by atoms with van der Waals surface area (Å²) in [4.78, 5) is 33.2. The van der Waals surface area contributed by atoms with Crippen molar-refractivity contribution in [2.24, 2.45) is 0 Å². The van der Waals surface area contributed by atoms with Gasteiger partial charge in [0.05, 0.1) is 0 Å². The Kier molecular flexibility index (Phi) is 4.50. The summed E-state index contributed by atoms with van der Waals surface area (Å²) in [5.74, 6) is 0.993. The second-order valence-electron chi connectivity index (χ2n) is 6.55. The number of anilines is 1. The third kappa shape index (κ3) is 3.46. The van der Waals surface area contributed by atoms with Gasteiger partial charge in [-0.1, -0.05) is 12.5 Å². The summed E-state index contributed by atoms with van der Waals surface area (Å²) in [6, 6.07) is 5.87. The van der Waals surface area contributed by atoms with Crippen LogP contribution < -0.4 is 10.2 Å². The molecule has 1 aromatic rings. The number of pyridine rings is 1. The lowest BCUT2D eigenvalue weighted by Crippen LogP contribution is -2.60. The lowest BCUT2D eigenvalue weighted by molar-refractivity contribution is -0.141.